The van der Waals surface area contributed by atoms with E-state index in [1.54, 1.807) is 14.2 Å². The number of rotatable bonds is 4. The zero-order valence-electron chi connectivity index (χ0n) is 12.9. The molecule has 6 heteroatoms. The predicted octanol–water partition coefficient (Wildman–Crippen LogP) is 2.60. The lowest BCUT2D eigenvalue weighted by Gasteiger charge is -2.27. The molecule has 0 radical (unpaired) electrons. The summed E-state index contributed by atoms with van der Waals surface area (Å²) in [6.07, 6.45) is 3.78. The first-order valence-electron chi connectivity index (χ1n) is 7.21. The quantitative estimate of drug-likeness (QED) is 0.864. The summed E-state index contributed by atoms with van der Waals surface area (Å²) < 4.78 is 10.7. The highest BCUT2D eigenvalue weighted by Gasteiger charge is 2.30. The molecule has 0 amide bonds. The minimum atomic E-state index is -0.112. The fourth-order valence-electron chi connectivity index (χ4n) is 2.49. The SMILES string of the molecule is COC1=CC2=NC(=S)NC(=NCc3ccccc3)C2C=C1OC. The topological polar surface area (TPSA) is 55.2 Å². The van der Waals surface area contributed by atoms with Crippen LogP contribution in [-0.4, -0.2) is 30.9 Å². The molecule has 0 fully saturated rings. The Morgan fingerprint density at radius 2 is 1.91 bits per heavy atom. The van der Waals surface area contributed by atoms with Crippen LogP contribution in [0.1, 0.15) is 5.56 Å². The maximum absolute atomic E-state index is 5.38. The standard InChI is InChI=1S/C17H17N3O2S/c1-21-14-8-12-13(9-15(14)22-2)19-17(23)20-16(12)18-10-11-6-4-3-5-7-11/h3-9,12H,10H2,1-2H3,(H,18,20,23). The highest BCUT2D eigenvalue weighted by Crippen LogP contribution is 2.25. The second kappa shape index (κ2) is 6.75. The lowest BCUT2D eigenvalue weighted by molar-refractivity contribution is 0.218. The number of hydrogen-bond donors (Lipinski definition) is 1. The number of fused-ring (bicyclic) bond motifs is 1. The molecule has 1 aromatic carbocycles. The molecule has 1 unspecified atom stereocenters. The summed E-state index contributed by atoms with van der Waals surface area (Å²) in [6.45, 7) is 0.576. The average Bonchev–Trinajstić information content (AvgIpc) is 2.59. The normalized spacial score (nSPS) is 21.7. The molecular weight excluding hydrogens is 310 g/mol. The fourth-order valence-corrected chi connectivity index (χ4v) is 2.70. The molecule has 1 aliphatic heterocycles. The highest BCUT2D eigenvalue weighted by molar-refractivity contribution is 7.80. The van der Waals surface area contributed by atoms with Crippen LogP contribution < -0.4 is 5.32 Å². The van der Waals surface area contributed by atoms with E-state index in [4.69, 9.17) is 21.7 Å². The van der Waals surface area contributed by atoms with E-state index in [1.165, 1.54) is 0 Å². The maximum Gasteiger partial charge on any atom is 0.198 e. The average molecular weight is 327 g/mol. The molecule has 0 bridgehead atoms. The second-order valence-corrected chi connectivity index (χ2v) is 5.47. The van der Waals surface area contributed by atoms with Crippen molar-refractivity contribution < 1.29 is 9.47 Å². The zero-order valence-corrected chi connectivity index (χ0v) is 13.8. The molecule has 0 saturated carbocycles. The van der Waals surface area contributed by atoms with Crippen molar-refractivity contribution in [1.29, 1.82) is 0 Å². The third-order valence-electron chi connectivity index (χ3n) is 3.63. The molecule has 1 atom stereocenters. The van der Waals surface area contributed by atoms with Crippen molar-refractivity contribution in [2.45, 2.75) is 6.54 Å². The number of methoxy groups -OCH3 is 2. The smallest absolute Gasteiger partial charge is 0.198 e. The number of nitrogens with one attached hydrogen (secondary N) is 1. The third kappa shape index (κ3) is 3.32. The fraction of sp³-hybridized carbons (Fsp3) is 0.235. The molecule has 5 nitrogen and oxygen atoms in total. The van der Waals surface area contributed by atoms with E-state index in [1.807, 2.05) is 42.5 Å². The summed E-state index contributed by atoms with van der Waals surface area (Å²) in [5.74, 6) is 1.96. The van der Waals surface area contributed by atoms with E-state index in [9.17, 15) is 0 Å². The van der Waals surface area contributed by atoms with Gasteiger partial charge in [0.05, 0.1) is 32.4 Å². The number of thiocarbonyl (C=S) groups is 1. The van der Waals surface area contributed by atoms with Crippen molar-refractivity contribution in [2.24, 2.45) is 15.9 Å². The summed E-state index contributed by atoms with van der Waals surface area (Å²) in [5, 5.41) is 3.49. The third-order valence-corrected chi connectivity index (χ3v) is 3.83. The Hall–Kier alpha value is -2.47. The Kier molecular flexibility index (Phi) is 4.52. The number of hydrogen-bond acceptors (Lipinski definition) is 4. The van der Waals surface area contributed by atoms with E-state index in [2.05, 4.69) is 15.3 Å². The molecule has 1 aliphatic carbocycles. The van der Waals surface area contributed by atoms with Crippen molar-refractivity contribution in [3.8, 4) is 0 Å². The van der Waals surface area contributed by atoms with Gasteiger partial charge in [-0.2, -0.15) is 0 Å². The van der Waals surface area contributed by atoms with Gasteiger partial charge in [-0.15, -0.1) is 0 Å². The van der Waals surface area contributed by atoms with Crippen LogP contribution in [0.4, 0.5) is 0 Å². The van der Waals surface area contributed by atoms with Gasteiger partial charge in [0.15, 0.2) is 16.6 Å². The van der Waals surface area contributed by atoms with Gasteiger partial charge in [0.25, 0.3) is 0 Å². The van der Waals surface area contributed by atoms with Gasteiger partial charge in [0, 0.05) is 6.08 Å². The minimum absolute atomic E-state index is 0.112. The second-order valence-electron chi connectivity index (χ2n) is 5.08. The number of ether oxygens (including phenoxy) is 2. The number of benzene rings is 1. The molecular formula is C17H17N3O2S. The summed E-state index contributed by atoms with van der Waals surface area (Å²) >= 11 is 5.21. The first-order chi connectivity index (χ1) is 11.2. The van der Waals surface area contributed by atoms with Crippen LogP contribution in [0.2, 0.25) is 0 Å². The molecule has 1 heterocycles. The molecule has 2 aliphatic rings. The molecule has 3 rings (SSSR count). The Balaban J connectivity index is 1.91. The van der Waals surface area contributed by atoms with Crippen LogP contribution >= 0.6 is 12.2 Å². The Morgan fingerprint density at radius 3 is 2.61 bits per heavy atom. The van der Waals surface area contributed by atoms with Crippen LogP contribution in [0.25, 0.3) is 0 Å². The van der Waals surface area contributed by atoms with Gasteiger partial charge in [-0.05, 0) is 23.9 Å². The van der Waals surface area contributed by atoms with E-state index in [0.29, 0.717) is 23.2 Å². The van der Waals surface area contributed by atoms with Crippen molar-refractivity contribution in [2.75, 3.05) is 14.2 Å². The molecule has 1 N–H and O–H groups in total. The highest BCUT2D eigenvalue weighted by atomic mass is 32.1. The van der Waals surface area contributed by atoms with Crippen LogP contribution in [0.5, 0.6) is 0 Å². The first kappa shape index (κ1) is 15.4. The van der Waals surface area contributed by atoms with Gasteiger partial charge >= 0.3 is 0 Å². The molecule has 23 heavy (non-hydrogen) atoms. The van der Waals surface area contributed by atoms with E-state index in [-0.39, 0.29) is 5.92 Å². The summed E-state index contributed by atoms with van der Waals surface area (Å²) in [6, 6.07) is 10.1. The monoisotopic (exact) mass is 327 g/mol. The number of aliphatic imine (C=N–C) groups is 2. The maximum atomic E-state index is 5.38. The van der Waals surface area contributed by atoms with Crippen LogP contribution in [0, 0.1) is 5.92 Å². The number of allylic oxidation sites excluding steroid dienone is 1. The largest absolute Gasteiger partial charge is 0.493 e. The van der Waals surface area contributed by atoms with Crippen molar-refractivity contribution >= 4 is 28.9 Å². The summed E-state index contributed by atoms with van der Waals surface area (Å²) in [4.78, 5) is 9.05. The van der Waals surface area contributed by atoms with Gasteiger partial charge in [0.1, 0.15) is 5.84 Å². The van der Waals surface area contributed by atoms with Gasteiger partial charge < -0.3 is 14.8 Å². The number of nitrogens with zero attached hydrogens (tertiary/aromatic N) is 2. The van der Waals surface area contributed by atoms with Gasteiger partial charge in [-0.3, -0.25) is 4.99 Å². The summed E-state index contributed by atoms with van der Waals surface area (Å²) in [7, 11) is 3.21. The van der Waals surface area contributed by atoms with E-state index < -0.39 is 0 Å². The zero-order chi connectivity index (χ0) is 16.2. The van der Waals surface area contributed by atoms with Crippen molar-refractivity contribution in [3.63, 3.8) is 0 Å². The van der Waals surface area contributed by atoms with Crippen molar-refractivity contribution in [1.82, 2.24) is 5.32 Å². The Bertz CT molecular complexity index is 735. The van der Waals surface area contributed by atoms with Gasteiger partial charge in [-0.1, -0.05) is 30.3 Å². The molecule has 1 aromatic rings. The Morgan fingerprint density at radius 1 is 1.17 bits per heavy atom. The van der Waals surface area contributed by atoms with Crippen molar-refractivity contribution in [3.05, 3.63) is 59.6 Å². The lowest BCUT2D eigenvalue weighted by Crippen LogP contribution is -2.43. The van der Waals surface area contributed by atoms with Crippen LogP contribution in [0.15, 0.2) is 64.0 Å². The van der Waals surface area contributed by atoms with E-state index in [0.717, 1.165) is 17.1 Å². The Labute approximate surface area is 140 Å². The molecule has 0 aromatic heterocycles. The molecule has 0 saturated heterocycles. The van der Waals surface area contributed by atoms with Gasteiger partial charge in [0.2, 0.25) is 0 Å². The minimum Gasteiger partial charge on any atom is -0.493 e. The van der Waals surface area contributed by atoms with Crippen LogP contribution in [-0.2, 0) is 16.0 Å². The molecule has 0 spiro atoms. The first-order valence-corrected chi connectivity index (χ1v) is 7.62. The predicted molar refractivity (Wildman–Crippen MR) is 94.4 cm³/mol. The van der Waals surface area contributed by atoms with Gasteiger partial charge in [-0.25, -0.2) is 4.99 Å². The number of amidine groups is 1. The van der Waals surface area contributed by atoms with Crippen LogP contribution in [0.3, 0.4) is 0 Å². The summed E-state index contributed by atoms with van der Waals surface area (Å²) in [5.41, 5.74) is 1.94. The lowest BCUT2D eigenvalue weighted by atomic mass is 9.94. The van der Waals surface area contributed by atoms with E-state index >= 15 is 0 Å². The molecule has 118 valence electrons.